The van der Waals surface area contributed by atoms with E-state index in [1.165, 1.54) is 0 Å². The van der Waals surface area contributed by atoms with Crippen LogP contribution in [0.3, 0.4) is 0 Å². The highest BCUT2D eigenvalue weighted by atomic mass is 28.3. The molecule has 0 aliphatic rings. The molecule has 0 aliphatic carbocycles. The molecule has 7 nitrogen and oxygen atoms in total. The molecule has 28 heavy (non-hydrogen) atoms. The van der Waals surface area contributed by atoms with Crippen molar-refractivity contribution in [2.75, 3.05) is 19.8 Å². The summed E-state index contributed by atoms with van der Waals surface area (Å²) in [5.41, 5.74) is 5.42. The number of ketones is 1. The Morgan fingerprint density at radius 1 is 0.893 bits per heavy atom. The van der Waals surface area contributed by atoms with Crippen molar-refractivity contribution >= 4 is 34.0 Å². The Hall–Kier alpha value is -1.20. The molecular weight excluding hydrogens is 392 g/mol. The lowest BCUT2D eigenvalue weighted by Gasteiger charge is -2.20. The number of esters is 1. The molecule has 0 saturated heterocycles. The summed E-state index contributed by atoms with van der Waals surface area (Å²) in [5, 5.41) is 2.58. The van der Waals surface area contributed by atoms with Crippen LogP contribution in [0.15, 0.2) is 0 Å². The number of carbonyl (C=O) groups excluding carboxylic acids is 3. The number of amides is 1. The van der Waals surface area contributed by atoms with Crippen molar-refractivity contribution in [3.05, 3.63) is 0 Å². The van der Waals surface area contributed by atoms with Gasteiger partial charge >= 0.3 is 12.1 Å². The van der Waals surface area contributed by atoms with E-state index < -0.39 is 34.3 Å². The Labute approximate surface area is 172 Å². The summed E-state index contributed by atoms with van der Waals surface area (Å²) < 4.78 is 10.6. The van der Waals surface area contributed by atoms with Crippen molar-refractivity contribution in [1.29, 1.82) is 0 Å². The normalized spacial score (nSPS) is 13.0. The van der Waals surface area contributed by atoms with E-state index in [1.807, 2.05) is 0 Å². The predicted molar refractivity (Wildman–Crippen MR) is 118 cm³/mol. The van der Waals surface area contributed by atoms with Crippen molar-refractivity contribution in [1.82, 2.24) is 5.32 Å². The molecule has 9 heteroatoms. The number of hydrogen-bond acceptors (Lipinski definition) is 6. The minimum atomic E-state index is -1.33. The number of rotatable bonds is 14. The second-order valence-electron chi connectivity index (χ2n) is 9.59. The fourth-order valence-corrected chi connectivity index (χ4v) is 3.60. The molecule has 164 valence electrons. The van der Waals surface area contributed by atoms with E-state index in [0.29, 0.717) is 32.6 Å². The third-order valence-electron chi connectivity index (χ3n) is 4.13. The number of carbonyl (C=O) groups is 3. The largest absolute Gasteiger partial charge is 0.464 e. The van der Waals surface area contributed by atoms with E-state index in [4.69, 9.17) is 15.2 Å². The van der Waals surface area contributed by atoms with Crippen molar-refractivity contribution < 1.29 is 23.9 Å². The van der Waals surface area contributed by atoms with E-state index in [1.54, 1.807) is 0 Å². The van der Waals surface area contributed by atoms with Gasteiger partial charge in [-0.3, -0.25) is 4.79 Å². The Morgan fingerprint density at radius 2 is 1.43 bits per heavy atom. The molecule has 0 radical (unpaired) electrons. The Balaban J connectivity index is 4.66. The van der Waals surface area contributed by atoms with Crippen LogP contribution in [0.4, 0.5) is 4.79 Å². The van der Waals surface area contributed by atoms with Gasteiger partial charge in [-0.25, -0.2) is 9.59 Å². The summed E-state index contributed by atoms with van der Waals surface area (Å²) in [6, 6.07) is 0.827. The molecule has 0 unspecified atom stereocenters. The molecule has 0 spiro atoms. The summed E-state index contributed by atoms with van der Waals surface area (Å²) in [5.74, 6) is -0.480. The lowest BCUT2D eigenvalue weighted by molar-refractivity contribution is -0.145. The fraction of sp³-hybridized carbons (Fsp3) is 0.842. The van der Waals surface area contributed by atoms with Crippen LogP contribution >= 0.6 is 0 Å². The molecule has 0 saturated carbocycles. The molecule has 0 fully saturated rings. The van der Waals surface area contributed by atoms with E-state index in [2.05, 4.69) is 44.6 Å². The van der Waals surface area contributed by atoms with Gasteiger partial charge in [0.2, 0.25) is 0 Å². The van der Waals surface area contributed by atoms with Crippen LogP contribution in [0.5, 0.6) is 0 Å². The van der Waals surface area contributed by atoms with Crippen molar-refractivity contribution in [3.63, 3.8) is 0 Å². The molecule has 0 aromatic heterocycles. The number of alkyl carbamates (subject to hydrolysis) is 1. The van der Waals surface area contributed by atoms with Crippen LogP contribution in [0, 0.1) is 0 Å². The van der Waals surface area contributed by atoms with Gasteiger partial charge in [0.25, 0.3) is 0 Å². The highest BCUT2D eigenvalue weighted by Crippen LogP contribution is 2.11. The quantitative estimate of drug-likeness (QED) is 0.322. The number of nitrogens with one attached hydrogen (secondary N) is 1. The lowest BCUT2D eigenvalue weighted by atomic mass is 10.1. The Bertz CT molecular complexity index is 502. The number of ether oxygens (including phenoxy) is 2. The van der Waals surface area contributed by atoms with Crippen molar-refractivity contribution in [2.24, 2.45) is 5.73 Å². The first-order valence-electron chi connectivity index (χ1n) is 10.2. The van der Waals surface area contributed by atoms with Crippen LogP contribution in [-0.4, -0.2) is 59.8 Å². The van der Waals surface area contributed by atoms with Gasteiger partial charge in [-0.1, -0.05) is 39.3 Å². The number of nitrogens with two attached hydrogens (primary N) is 1. The van der Waals surface area contributed by atoms with Crippen LogP contribution in [0.2, 0.25) is 51.4 Å². The minimum Gasteiger partial charge on any atom is -0.464 e. The van der Waals surface area contributed by atoms with Crippen LogP contribution < -0.4 is 11.1 Å². The van der Waals surface area contributed by atoms with Crippen molar-refractivity contribution in [3.8, 4) is 0 Å². The highest BCUT2D eigenvalue weighted by molar-refractivity contribution is 6.76. The summed E-state index contributed by atoms with van der Waals surface area (Å²) >= 11 is 0. The zero-order chi connectivity index (χ0) is 21.8. The maximum absolute atomic E-state index is 12.4. The van der Waals surface area contributed by atoms with Gasteiger partial charge in [-0.15, -0.1) is 0 Å². The van der Waals surface area contributed by atoms with Gasteiger partial charge in [0, 0.05) is 29.0 Å². The van der Waals surface area contributed by atoms with Gasteiger partial charge in [-0.05, 0) is 31.5 Å². The SMILES string of the molecule is C[Si](C)(C)CCOC(=O)N[C@@H](CCC(=O)CCCN)C(=O)OCC[Si](C)(C)C. The van der Waals surface area contributed by atoms with E-state index in [9.17, 15) is 14.4 Å². The zero-order valence-corrected chi connectivity index (χ0v) is 20.6. The topological polar surface area (TPSA) is 108 Å². The third-order valence-corrected chi connectivity index (χ3v) is 7.54. The molecule has 0 rings (SSSR count). The van der Waals surface area contributed by atoms with Gasteiger partial charge < -0.3 is 20.5 Å². The van der Waals surface area contributed by atoms with E-state index in [0.717, 1.165) is 12.1 Å². The van der Waals surface area contributed by atoms with Crippen LogP contribution in [-0.2, 0) is 19.1 Å². The first kappa shape index (κ1) is 26.8. The summed E-state index contributed by atoms with van der Waals surface area (Å²) in [7, 11) is -2.64. The maximum Gasteiger partial charge on any atom is 0.407 e. The van der Waals surface area contributed by atoms with Gasteiger partial charge in [0.1, 0.15) is 11.8 Å². The third kappa shape index (κ3) is 15.8. The van der Waals surface area contributed by atoms with Crippen LogP contribution in [0.25, 0.3) is 0 Å². The Kier molecular flexibility index (Phi) is 12.5. The molecule has 0 aliphatic heterocycles. The second-order valence-corrected chi connectivity index (χ2v) is 20.8. The number of hydrogen-bond donors (Lipinski definition) is 2. The molecule has 1 amide bonds. The average molecular weight is 433 g/mol. The molecule has 0 bridgehead atoms. The lowest BCUT2D eigenvalue weighted by Crippen LogP contribution is -2.43. The van der Waals surface area contributed by atoms with Crippen LogP contribution in [0.1, 0.15) is 25.7 Å². The van der Waals surface area contributed by atoms with Gasteiger partial charge in [-0.2, -0.15) is 0 Å². The second kappa shape index (κ2) is 13.1. The molecule has 0 aromatic carbocycles. The summed E-state index contributed by atoms with van der Waals surface area (Å²) in [6.45, 7) is 14.3. The smallest absolute Gasteiger partial charge is 0.407 e. The van der Waals surface area contributed by atoms with E-state index in [-0.39, 0.29) is 18.6 Å². The molecular formula is C19H40N2O5Si2. The molecule has 3 N–H and O–H groups in total. The molecule has 0 heterocycles. The fourth-order valence-electron chi connectivity index (χ4n) is 2.17. The monoisotopic (exact) mass is 432 g/mol. The Morgan fingerprint density at radius 3 is 1.93 bits per heavy atom. The molecule has 0 aromatic rings. The average Bonchev–Trinajstić information content (AvgIpc) is 2.54. The van der Waals surface area contributed by atoms with Gasteiger partial charge in [0.05, 0.1) is 13.2 Å². The maximum atomic E-state index is 12.4. The first-order valence-corrected chi connectivity index (χ1v) is 17.6. The zero-order valence-electron chi connectivity index (χ0n) is 18.6. The van der Waals surface area contributed by atoms with Gasteiger partial charge in [0.15, 0.2) is 0 Å². The summed E-state index contributed by atoms with van der Waals surface area (Å²) in [4.78, 5) is 36.4. The highest BCUT2D eigenvalue weighted by Gasteiger charge is 2.25. The molecule has 1 atom stereocenters. The first-order chi connectivity index (χ1) is 12.8. The van der Waals surface area contributed by atoms with Crippen molar-refractivity contribution in [2.45, 2.75) is 83.1 Å². The number of Topliss-reactive ketones (excluding diaryl/α,β-unsaturated/α-hetero) is 1. The standard InChI is InChI=1S/C19H40N2O5Si2/c1-27(2,3)14-12-25-18(23)17(10-9-16(22)8-7-11-20)21-19(24)26-13-15-28(4,5)6/h17H,7-15,20H2,1-6H3,(H,21,24)/t17-/m0/s1. The van der Waals surface area contributed by atoms with E-state index >= 15 is 0 Å². The predicted octanol–water partition coefficient (Wildman–Crippen LogP) is 3.39. The summed E-state index contributed by atoms with van der Waals surface area (Å²) in [6.07, 6.45) is 0.770. The minimum absolute atomic E-state index is 0.0271.